The normalized spacial score (nSPS) is 13.6. The largest absolute Gasteiger partial charge is 0.493 e. The summed E-state index contributed by atoms with van der Waals surface area (Å²) in [6.45, 7) is 4.14. The SMILES string of the molecule is CCC(C)(CCO)NC(=O)CCOc1ccc(F)cc1. The van der Waals surface area contributed by atoms with Crippen molar-refractivity contribution in [3.8, 4) is 5.75 Å². The smallest absolute Gasteiger partial charge is 0.223 e. The maximum absolute atomic E-state index is 12.7. The highest BCUT2D eigenvalue weighted by Gasteiger charge is 2.23. The Morgan fingerprint density at radius 3 is 2.60 bits per heavy atom. The summed E-state index contributed by atoms with van der Waals surface area (Å²) in [7, 11) is 0. The van der Waals surface area contributed by atoms with Crippen molar-refractivity contribution in [2.45, 2.75) is 38.6 Å². The lowest BCUT2D eigenvalue weighted by atomic mass is 9.95. The molecule has 112 valence electrons. The van der Waals surface area contributed by atoms with Crippen LogP contribution in [-0.2, 0) is 4.79 Å². The molecular formula is C15H22FNO3. The lowest BCUT2D eigenvalue weighted by Crippen LogP contribution is -2.46. The van der Waals surface area contributed by atoms with Crippen LogP contribution in [0, 0.1) is 5.82 Å². The molecule has 0 bridgehead atoms. The first-order chi connectivity index (χ1) is 9.49. The zero-order valence-corrected chi connectivity index (χ0v) is 12.0. The van der Waals surface area contributed by atoms with Gasteiger partial charge in [0.2, 0.25) is 5.91 Å². The second-order valence-electron chi connectivity index (χ2n) is 4.99. The minimum atomic E-state index is -0.387. The Labute approximate surface area is 119 Å². The number of rotatable bonds is 8. The van der Waals surface area contributed by atoms with Crippen molar-refractivity contribution in [3.63, 3.8) is 0 Å². The van der Waals surface area contributed by atoms with Crippen molar-refractivity contribution in [3.05, 3.63) is 30.1 Å². The number of halogens is 1. The van der Waals surface area contributed by atoms with Crippen LogP contribution in [0.3, 0.4) is 0 Å². The van der Waals surface area contributed by atoms with Gasteiger partial charge in [-0.3, -0.25) is 4.79 Å². The molecule has 0 saturated heterocycles. The van der Waals surface area contributed by atoms with Gasteiger partial charge in [-0.2, -0.15) is 0 Å². The van der Waals surface area contributed by atoms with Gasteiger partial charge in [0.1, 0.15) is 11.6 Å². The number of aliphatic hydroxyl groups is 1. The maximum atomic E-state index is 12.7. The molecule has 0 radical (unpaired) electrons. The van der Waals surface area contributed by atoms with Gasteiger partial charge in [-0.15, -0.1) is 0 Å². The van der Waals surface area contributed by atoms with Crippen LogP contribution >= 0.6 is 0 Å². The molecule has 0 fully saturated rings. The van der Waals surface area contributed by atoms with E-state index in [0.717, 1.165) is 6.42 Å². The van der Waals surface area contributed by atoms with Gasteiger partial charge in [-0.1, -0.05) is 6.92 Å². The predicted octanol–water partition coefficient (Wildman–Crippen LogP) is 2.26. The van der Waals surface area contributed by atoms with E-state index in [2.05, 4.69) is 5.32 Å². The molecule has 1 atom stereocenters. The molecule has 5 heteroatoms. The number of hydrogen-bond acceptors (Lipinski definition) is 3. The average Bonchev–Trinajstić information content (AvgIpc) is 2.41. The van der Waals surface area contributed by atoms with Crippen LogP contribution in [0.5, 0.6) is 5.75 Å². The van der Waals surface area contributed by atoms with E-state index in [0.29, 0.717) is 12.2 Å². The standard InChI is InChI=1S/C15H22FNO3/c1-3-15(2,9-10-18)17-14(19)8-11-20-13-6-4-12(16)5-7-13/h4-7,18H,3,8-11H2,1-2H3,(H,17,19). The molecule has 2 N–H and O–H groups in total. The van der Waals surface area contributed by atoms with Gasteiger partial charge in [0, 0.05) is 12.1 Å². The maximum Gasteiger partial charge on any atom is 0.223 e. The van der Waals surface area contributed by atoms with Crippen molar-refractivity contribution in [2.75, 3.05) is 13.2 Å². The summed E-state index contributed by atoms with van der Waals surface area (Å²) in [4.78, 5) is 11.8. The van der Waals surface area contributed by atoms with E-state index in [1.807, 2.05) is 13.8 Å². The van der Waals surface area contributed by atoms with E-state index >= 15 is 0 Å². The van der Waals surface area contributed by atoms with Gasteiger partial charge in [0.05, 0.1) is 13.0 Å². The number of benzene rings is 1. The van der Waals surface area contributed by atoms with Gasteiger partial charge in [0.25, 0.3) is 0 Å². The molecule has 1 amide bonds. The van der Waals surface area contributed by atoms with Crippen LogP contribution < -0.4 is 10.1 Å². The molecule has 0 aliphatic carbocycles. The van der Waals surface area contributed by atoms with E-state index in [9.17, 15) is 9.18 Å². The zero-order chi connectivity index (χ0) is 15.0. The van der Waals surface area contributed by atoms with Crippen LogP contribution in [0.15, 0.2) is 24.3 Å². The Balaban J connectivity index is 2.34. The van der Waals surface area contributed by atoms with Crippen molar-refractivity contribution in [2.24, 2.45) is 0 Å². The van der Waals surface area contributed by atoms with E-state index in [1.54, 1.807) is 0 Å². The number of ether oxygens (including phenoxy) is 1. The lowest BCUT2D eigenvalue weighted by Gasteiger charge is -2.29. The van der Waals surface area contributed by atoms with Crippen LogP contribution in [0.1, 0.15) is 33.1 Å². The van der Waals surface area contributed by atoms with Crippen molar-refractivity contribution < 1.29 is 19.0 Å². The summed E-state index contributed by atoms with van der Waals surface area (Å²) in [6.07, 6.45) is 1.49. The fourth-order valence-corrected chi connectivity index (χ4v) is 1.77. The molecule has 4 nitrogen and oxygen atoms in total. The number of amides is 1. The highest BCUT2D eigenvalue weighted by molar-refractivity contribution is 5.76. The van der Waals surface area contributed by atoms with E-state index < -0.39 is 0 Å². The summed E-state index contributed by atoms with van der Waals surface area (Å²) in [5.41, 5.74) is -0.387. The quantitative estimate of drug-likeness (QED) is 0.769. The average molecular weight is 283 g/mol. The van der Waals surface area contributed by atoms with Gasteiger partial charge in [0.15, 0.2) is 0 Å². The first kappa shape index (κ1) is 16.4. The van der Waals surface area contributed by atoms with Crippen molar-refractivity contribution >= 4 is 5.91 Å². The molecule has 0 aliphatic rings. The molecular weight excluding hydrogens is 261 g/mol. The minimum absolute atomic E-state index is 0.0384. The predicted molar refractivity (Wildman–Crippen MR) is 75.1 cm³/mol. The monoisotopic (exact) mass is 283 g/mol. The Bertz CT molecular complexity index is 422. The van der Waals surface area contributed by atoms with Crippen molar-refractivity contribution in [1.29, 1.82) is 0 Å². The summed E-state index contributed by atoms with van der Waals surface area (Å²) in [5.74, 6) is 0.0931. The Kier molecular flexibility index (Phi) is 6.45. The summed E-state index contributed by atoms with van der Waals surface area (Å²) < 4.78 is 18.1. The third kappa shape index (κ3) is 5.57. The van der Waals surface area contributed by atoms with Gasteiger partial charge >= 0.3 is 0 Å². The molecule has 0 spiro atoms. The molecule has 0 saturated carbocycles. The second kappa shape index (κ2) is 7.85. The van der Waals surface area contributed by atoms with Crippen LogP contribution in [-0.4, -0.2) is 29.8 Å². The number of carbonyl (C=O) groups excluding carboxylic acids is 1. The highest BCUT2D eigenvalue weighted by Crippen LogP contribution is 2.14. The molecule has 20 heavy (non-hydrogen) atoms. The van der Waals surface area contributed by atoms with Gasteiger partial charge < -0.3 is 15.2 Å². The first-order valence-corrected chi connectivity index (χ1v) is 6.79. The molecule has 1 aromatic rings. The molecule has 0 aliphatic heterocycles. The first-order valence-electron chi connectivity index (χ1n) is 6.79. The Morgan fingerprint density at radius 2 is 2.05 bits per heavy atom. The molecule has 0 aromatic heterocycles. The number of aliphatic hydroxyl groups excluding tert-OH is 1. The molecule has 0 heterocycles. The molecule has 1 unspecified atom stereocenters. The highest BCUT2D eigenvalue weighted by atomic mass is 19.1. The molecule has 1 aromatic carbocycles. The second-order valence-corrected chi connectivity index (χ2v) is 4.99. The number of hydrogen-bond donors (Lipinski definition) is 2. The lowest BCUT2D eigenvalue weighted by molar-refractivity contribution is -0.123. The minimum Gasteiger partial charge on any atom is -0.493 e. The third-order valence-corrected chi connectivity index (χ3v) is 3.30. The van der Waals surface area contributed by atoms with E-state index in [-0.39, 0.29) is 36.9 Å². The topological polar surface area (TPSA) is 58.6 Å². The third-order valence-electron chi connectivity index (χ3n) is 3.30. The zero-order valence-electron chi connectivity index (χ0n) is 12.0. The van der Waals surface area contributed by atoms with Gasteiger partial charge in [-0.25, -0.2) is 4.39 Å². The van der Waals surface area contributed by atoms with Crippen LogP contribution in [0.25, 0.3) is 0 Å². The summed E-state index contributed by atoms with van der Waals surface area (Å²) >= 11 is 0. The van der Waals surface area contributed by atoms with Gasteiger partial charge in [-0.05, 0) is 44.0 Å². The number of carbonyl (C=O) groups is 1. The van der Waals surface area contributed by atoms with Crippen molar-refractivity contribution in [1.82, 2.24) is 5.32 Å². The van der Waals surface area contributed by atoms with Crippen LogP contribution in [0.4, 0.5) is 4.39 Å². The fraction of sp³-hybridized carbons (Fsp3) is 0.533. The fourth-order valence-electron chi connectivity index (χ4n) is 1.77. The Hall–Kier alpha value is -1.62. The summed E-state index contributed by atoms with van der Waals surface area (Å²) in [5, 5.41) is 11.9. The Morgan fingerprint density at radius 1 is 1.40 bits per heavy atom. The summed E-state index contributed by atoms with van der Waals surface area (Å²) in [6, 6.07) is 5.67. The van der Waals surface area contributed by atoms with Crippen LogP contribution in [0.2, 0.25) is 0 Å². The molecule has 1 rings (SSSR count). The number of nitrogens with one attached hydrogen (secondary N) is 1. The van der Waals surface area contributed by atoms with E-state index in [4.69, 9.17) is 9.84 Å². The van der Waals surface area contributed by atoms with E-state index in [1.165, 1.54) is 24.3 Å².